The summed E-state index contributed by atoms with van der Waals surface area (Å²) >= 11 is 1.30. The molecule has 1 saturated carbocycles. The second kappa shape index (κ2) is 6.72. The molecule has 106 valence electrons. The number of anilines is 2. The first kappa shape index (κ1) is 14.1. The molecule has 7 heteroatoms. The van der Waals surface area contributed by atoms with E-state index in [1.807, 2.05) is 0 Å². The monoisotopic (exact) mass is 284 g/mol. The third kappa shape index (κ3) is 4.36. The molecule has 1 aliphatic rings. The van der Waals surface area contributed by atoms with Crippen LogP contribution in [0.2, 0.25) is 0 Å². The molecule has 0 bridgehead atoms. The minimum atomic E-state index is -0.164. The molecule has 1 aromatic heterocycles. The van der Waals surface area contributed by atoms with Gasteiger partial charge in [0.1, 0.15) is 10.7 Å². The van der Waals surface area contributed by atoms with Crippen molar-refractivity contribution in [3.8, 4) is 0 Å². The highest BCUT2D eigenvalue weighted by Gasteiger charge is 2.24. The van der Waals surface area contributed by atoms with Gasteiger partial charge in [0.15, 0.2) is 5.13 Å². The van der Waals surface area contributed by atoms with E-state index in [0.29, 0.717) is 23.3 Å². The summed E-state index contributed by atoms with van der Waals surface area (Å²) in [4.78, 5) is 16.6. The Hall–Kier alpha value is -1.34. The number of nitrogens with two attached hydrogens (primary N) is 1. The van der Waals surface area contributed by atoms with Crippen LogP contribution in [-0.2, 0) is 0 Å². The Bertz CT molecular complexity index is 431. The van der Waals surface area contributed by atoms with Gasteiger partial charge in [-0.25, -0.2) is 4.98 Å². The quantitative estimate of drug-likeness (QED) is 0.537. The van der Waals surface area contributed by atoms with Gasteiger partial charge in [0.2, 0.25) is 0 Å². The topological polar surface area (TPSA) is 100 Å². The number of rotatable bonds is 8. The molecule has 0 unspecified atom stereocenters. The Morgan fingerprint density at radius 3 is 2.89 bits per heavy atom. The van der Waals surface area contributed by atoms with Crippen molar-refractivity contribution in [2.75, 3.05) is 24.2 Å². The van der Waals surface area contributed by atoms with E-state index in [4.69, 9.17) is 10.8 Å². The normalized spacial score (nSPS) is 14.4. The van der Waals surface area contributed by atoms with Crippen LogP contribution < -0.4 is 16.4 Å². The van der Waals surface area contributed by atoms with E-state index in [9.17, 15) is 4.79 Å². The van der Waals surface area contributed by atoms with Crippen LogP contribution in [0.1, 0.15) is 41.8 Å². The minimum Gasteiger partial charge on any atom is -0.396 e. The summed E-state index contributed by atoms with van der Waals surface area (Å²) in [5.41, 5.74) is 5.76. The number of carbonyl (C=O) groups excluding carboxylic acids is 1. The van der Waals surface area contributed by atoms with E-state index in [2.05, 4.69) is 15.6 Å². The third-order valence-electron chi connectivity index (χ3n) is 2.88. The van der Waals surface area contributed by atoms with Crippen molar-refractivity contribution in [1.29, 1.82) is 0 Å². The molecule has 1 heterocycles. The Morgan fingerprint density at radius 2 is 2.21 bits per heavy atom. The van der Waals surface area contributed by atoms with Crippen molar-refractivity contribution in [1.82, 2.24) is 10.3 Å². The van der Waals surface area contributed by atoms with Crippen LogP contribution in [0.15, 0.2) is 0 Å². The molecule has 0 aliphatic heterocycles. The van der Waals surface area contributed by atoms with Gasteiger partial charge in [0.25, 0.3) is 5.91 Å². The average molecular weight is 284 g/mol. The van der Waals surface area contributed by atoms with Gasteiger partial charge in [-0.1, -0.05) is 11.3 Å². The maximum absolute atomic E-state index is 11.9. The number of aromatic nitrogens is 1. The van der Waals surface area contributed by atoms with Crippen molar-refractivity contribution < 1.29 is 9.90 Å². The van der Waals surface area contributed by atoms with E-state index in [0.717, 1.165) is 37.2 Å². The Labute approximate surface area is 116 Å². The predicted molar refractivity (Wildman–Crippen MR) is 76.4 cm³/mol. The van der Waals surface area contributed by atoms with Crippen LogP contribution in [0.3, 0.4) is 0 Å². The second-order valence-electron chi connectivity index (χ2n) is 4.69. The molecular weight excluding hydrogens is 264 g/mol. The molecule has 0 aromatic carbocycles. The summed E-state index contributed by atoms with van der Waals surface area (Å²) in [6.07, 6.45) is 4.85. The first-order valence-corrected chi connectivity index (χ1v) is 7.44. The van der Waals surface area contributed by atoms with Crippen molar-refractivity contribution in [2.45, 2.75) is 38.1 Å². The van der Waals surface area contributed by atoms with Gasteiger partial charge in [-0.15, -0.1) is 0 Å². The predicted octanol–water partition coefficient (Wildman–Crippen LogP) is 1.19. The summed E-state index contributed by atoms with van der Waals surface area (Å²) in [5, 5.41) is 15.4. The van der Waals surface area contributed by atoms with Crippen LogP contribution >= 0.6 is 11.3 Å². The number of hydrogen-bond acceptors (Lipinski definition) is 6. The van der Waals surface area contributed by atoms with Crippen molar-refractivity contribution in [2.24, 2.45) is 0 Å². The standard InChI is InChI=1S/C12H20N4O2S/c13-10-9(11(18)14-6-2-1-3-7-17)19-12(16-10)15-8-4-5-8/h8,17H,1-7,13H2,(H,14,18)(H,15,16). The molecule has 0 spiro atoms. The molecular formula is C12H20N4O2S. The number of amides is 1. The lowest BCUT2D eigenvalue weighted by molar-refractivity contribution is 0.0957. The maximum atomic E-state index is 11.9. The second-order valence-corrected chi connectivity index (χ2v) is 5.69. The van der Waals surface area contributed by atoms with Crippen molar-refractivity contribution >= 4 is 28.2 Å². The van der Waals surface area contributed by atoms with Gasteiger partial charge in [-0.05, 0) is 32.1 Å². The molecule has 6 nitrogen and oxygen atoms in total. The molecule has 2 rings (SSSR count). The average Bonchev–Trinajstić information content (AvgIpc) is 3.11. The fourth-order valence-corrected chi connectivity index (χ4v) is 2.53. The lowest BCUT2D eigenvalue weighted by Gasteiger charge is -2.03. The first-order chi connectivity index (χ1) is 9.20. The molecule has 0 radical (unpaired) electrons. The maximum Gasteiger partial charge on any atom is 0.265 e. The molecule has 19 heavy (non-hydrogen) atoms. The summed E-state index contributed by atoms with van der Waals surface area (Å²) in [5.74, 6) is 0.129. The van der Waals surface area contributed by atoms with Gasteiger partial charge in [0, 0.05) is 19.2 Å². The SMILES string of the molecule is Nc1nc(NC2CC2)sc1C(=O)NCCCCCO. The van der Waals surface area contributed by atoms with Crippen LogP contribution in [0.4, 0.5) is 10.9 Å². The number of nitrogen functional groups attached to an aromatic ring is 1. The minimum absolute atomic E-state index is 0.164. The van der Waals surface area contributed by atoms with E-state index < -0.39 is 0 Å². The molecule has 0 atom stereocenters. The lowest BCUT2D eigenvalue weighted by atomic mass is 10.2. The first-order valence-electron chi connectivity index (χ1n) is 6.62. The lowest BCUT2D eigenvalue weighted by Crippen LogP contribution is -2.24. The van der Waals surface area contributed by atoms with Crippen LogP contribution in [0.25, 0.3) is 0 Å². The molecule has 1 aliphatic carbocycles. The fourth-order valence-electron chi connectivity index (χ4n) is 1.65. The van der Waals surface area contributed by atoms with E-state index in [1.54, 1.807) is 0 Å². The largest absolute Gasteiger partial charge is 0.396 e. The Kier molecular flexibility index (Phi) is 4.98. The van der Waals surface area contributed by atoms with Crippen LogP contribution in [0.5, 0.6) is 0 Å². The number of aliphatic hydroxyl groups is 1. The summed E-state index contributed by atoms with van der Waals surface area (Å²) in [7, 11) is 0. The van der Waals surface area contributed by atoms with Gasteiger partial charge < -0.3 is 21.5 Å². The summed E-state index contributed by atoms with van der Waals surface area (Å²) in [6.45, 7) is 0.799. The number of aliphatic hydroxyl groups excluding tert-OH is 1. The van der Waals surface area contributed by atoms with Gasteiger partial charge in [0.05, 0.1) is 0 Å². The molecule has 0 saturated heterocycles. The molecule has 1 amide bonds. The smallest absolute Gasteiger partial charge is 0.265 e. The number of nitrogens with one attached hydrogen (secondary N) is 2. The number of thiazole rings is 1. The van der Waals surface area contributed by atoms with Crippen LogP contribution in [-0.4, -0.2) is 35.2 Å². The van der Waals surface area contributed by atoms with Crippen molar-refractivity contribution in [3.63, 3.8) is 0 Å². The van der Waals surface area contributed by atoms with Crippen molar-refractivity contribution in [3.05, 3.63) is 4.88 Å². The van der Waals surface area contributed by atoms with E-state index in [1.165, 1.54) is 11.3 Å². The van der Waals surface area contributed by atoms with Gasteiger partial charge in [-0.2, -0.15) is 0 Å². The highest BCUT2D eigenvalue weighted by molar-refractivity contribution is 7.18. The third-order valence-corrected chi connectivity index (χ3v) is 3.89. The molecule has 1 fully saturated rings. The van der Waals surface area contributed by atoms with Crippen LogP contribution in [0, 0.1) is 0 Å². The Morgan fingerprint density at radius 1 is 1.42 bits per heavy atom. The zero-order valence-corrected chi connectivity index (χ0v) is 11.6. The highest BCUT2D eigenvalue weighted by atomic mass is 32.1. The van der Waals surface area contributed by atoms with Gasteiger partial charge >= 0.3 is 0 Å². The van der Waals surface area contributed by atoms with E-state index >= 15 is 0 Å². The number of unbranched alkanes of at least 4 members (excludes halogenated alkanes) is 2. The number of nitrogens with zero attached hydrogens (tertiary/aromatic N) is 1. The summed E-state index contributed by atoms with van der Waals surface area (Å²) in [6, 6.07) is 0.500. The Balaban J connectivity index is 1.78. The van der Waals surface area contributed by atoms with Gasteiger partial charge in [-0.3, -0.25) is 4.79 Å². The van der Waals surface area contributed by atoms with E-state index in [-0.39, 0.29) is 12.5 Å². The zero-order chi connectivity index (χ0) is 13.7. The number of carbonyl (C=O) groups is 1. The summed E-state index contributed by atoms with van der Waals surface area (Å²) < 4.78 is 0. The highest BCUT2D eigenvalue weighted by Crippen LogP contribution is 2.30. The molecule has 5 N–H and O–H groups in total. The fraction of sp³-hybridized carbons (Fsp3) is 0.667. The zero-order valence-electron chi connectivity index (χ0n) is 10.8. The molecule has 1 aromatic rings. The number of hydrogen-bond donors (Lipinski definition) is 4.